The van der Waals surface area contributed by atoms with Gasteiger partial charge in [0.25, 0.3) is 0 Å². The molecule has 6 aromatic carbocycles. The zero-order valence-corrected chi connectivity index (χ0v) is 38.3. The SMILES string of the molecule is CC#Cc1cc2c(C#CC3=C(CCCCCCCC)C(CCCCCCCC)=C(C)C3)cc1-c1ccc(cc1)-c1ccc(cc1)-c1ccc(cc1)-c1ccc(cc1)-c1ccc-2cc1. The number of unbranched alkanes of at least 4 members (excludes halogenated alkanes) is 10. The summed E-state index contributed by atoms with van der Waals surface area (Å²) < 4.78 is 0. The molecule has 0 nitrogen and oxygen atoms in total. The second-order valence-corrected chi connectivity index (χ2v) is 17.9. The average molecular weight is 821 g/mol. The molecule has 23 rings (SSSR count). The van der Waals surface area contributed by atoms with Crippen LogP contribution < -0.4 is 0 Å². The fourth-order valence-electron chi connectivity index (χ4n) is 9.68. The number of hydrogen-bond donors (Lipinski definition) is 0. The predicted molar refractivity (Wildman–Crippen MR) is 272 cm³/mol. The van der Waals surface area contributed by atoms with Crippen molar-refractivity contribution in [1.82, 2.24) is 0 Å². The van der Waals surface area contributed by atoms with E-state index >= 15 is 0 Å². The van der Waals surface area contributed by atoms with Crippen LogP contribution in [0.4, 0.5) is 0 Å². The van der Waals surface area contributed by atoms with Crippen LogP contribution in [0, 0.1) is 23.7 Å². The van der Waals surface area contributed by atoms with Gasteiger partial charge in [0.15, 0.2) is 0 Å². The van der Waals surface area contributed by atoms with E-state index in [1.807, 2.05) is 6.92 Å². The van der Waals surface area contributed by atoms with Crippen LogP contribution in [0.5, 0.6) is 0 Å². The number of allylic oxidation sites excluding steroid dienone is 4. The third kappa shape index (κ3) is 10.6. The minimum Gasteiger partial charge on any atom is -0.101 e. The van der Waals surface area contributed by atoms with Gasteiger partial charge in [-0.3, -0.25) is 0 Å². The highest BCUT2D eigenvalue weighted by Crippen LogP contribution is 2.40. The van der Waals surface area contributed by atoms with Gasteiger partial charge in [-0.1, -0.05) is 223 Å². The lowest BCUT2D eigenvalue weighted by atomic mass is 9.89. The molecule has 0 radical (unpaired) electrons. The molecular weight excluding hydrogens is 757 g/mol. The van der Waals surface area contributed by atoms with Crippen molar-refractivity contribution in [1.29, 1.82) is 0 Å². The van der Waals surface area contributed by atoms with Crippen LogP contribution in [0.2, 0.25) is 0 Å². The quantitative estimate of drug-likeness (QED) is 0.0757. The topological polar surface area (TPSA) is 0 Å². The van der Waals surface area contributed by atoms with E-state index in [4.69, 9.17) is 0 Å². The van der Waals surface area contributed by atoms with E-state index in [-0.39, 0.29) is 0 Å². The molecule has 0 heteroatoms. The van der Waals surface area contributed by atoms with E-state index in [0.717, 1.165) is 46.2 Å². The van der Waals surface area contributed by atoms with Crippen molar-refractivity contribution in [3.8, 4) is 90.4 Å². The molecule has 63 heavy (non-hydrogen) atoms. The van der Waals surface area contributed by atoms with Gasteiger partial charge in [-0.05, 0) is 130 Å². The van der Waals surface area contributed by atoms with E-state index in [1.54, 1.807) is 11.1 Å². The van der Waals surface area contributed by atoms with Crippen LogP contribution in [0.15, 0.2) is 156 Å². The Labute approximate surface area is 379 Å². The molecule has 12 bridgehead atoms. The van der Waals surface area contributed by atoms with E-state index in [0.29, 0.717) is 0 Å². The molecule has 17 aliphatic carbocycles. The Hall–Kier alpha value is -6.08. The molecule has 0 heterocycles. The van der Waals surface area contributed by atoms with Crippen LogP contribution in [0.1, 0.15) is 135 Å². The summed E-state index contributed by atoms with van der Waals surface area (Å²) in [4.78, 5) is 0. The highest BCUT2D eigenvalue weighted by Gasteiger charge is 2.21. The maximum Gasteiger partial charge on any atom is 0.0334 e. The smallest absolute Gasteiger partial charge is 0.0334 e. The molecule has 0 fully saturated rings. The molecule has 0 amide bonds. The van der Waals surface area contributed by atoms with Gasteiger partial charge in [-0.2, -0.15) is 0 Å². The van der Waals surface area contributed by atoms with Gasteiger partial charge in [0.2, 0.25) is 0 Å². The highest BCUT2D eigenvalue weighted by atomic mass is 14.3. The van der Waals surface area contributed by atoms with Gasteiger partial charge in [0, 0.05) is 23.1 Å². The molecule has 0 aliphatic heterocycles. The highest BCUT2D eigenvalue weighted by molar-refractivity contribution is 5.84. The Morgan fingerprint density at radius 3 is 1.05 bits per heavy atom. The molecule has 0 spiro atoms. The van der Waals surface area contributed by atoms with Crippen LogP contribution in [0.25, 0.3) is 66.8 Å². The number of benzene rings is 6. The van der Waals surface area contributed by atoms with Gasteiger partial charge in [-0.15, -0.1) is 5.92 Å². The summed E-state index contributed by atoms with van der Waals surface area (Å²) in [6.45, 7) is 8.92. The van der Waals surface area contributed by atoms with Gasteiger partial charge >= 0.3 is 0 Å². The third-order valence-corrected chi connectivity index (χ3v) is 13.4. The summed E-state index contributed by atoms with van der Waals surface area (Å²) in [5.74, 6) is 14.5. The molecule has 0 aromatic heterocycles. The van der Waals surface area contributed by atoms with Gasteiger partial charge < -0.3 is 0 Å². The molecule has 17 aliphatic rings. The molecular formula is C63H64. The number of rotatable bonds is 14. The maximum atomic E-state index is 3.87. The first-order valence-corrected chi connectivity index (χ1v) is 24.1. The van der Waals surface area contributed by atoms with Crippen LogP contribution in [-0.4, -0.2) is 0 Å². The van der Waals surface area contributed by atoms with Crippen molar-refractivity contribution >= 4 is 0 Å². The Balaban J connectivity index is 1.21. The van der Waals surface area contributed by atoms with Gasteiger partial charge in [0.1, 0.15) is 0 Å². The van der Waals surface area contributed by atoms with E-state index < -0.39 is 0 Å². The lowest BCUT2D eigenvalue weighted by Crippen LogP contribution is -1.94. The summed E-state index contributed by atoms with van der Waals surface area (Å²) >= 11 is 0. The van der Waals surface area contributed by atoms with Crippen molar-refractivity contribution in [2.75, 3.05) is 0 Å². The second-order valence-electron chi connectivity index (χ2n) is 17.9. The first-order chi connectivity index (χ1) is 31.0. The normalized spacial score (nSPS) is 12.6. The molecule has 6 aromatic rings. The summed E-state index contributed by atoms with van der Waals surface area (Å²) in [5.41, 5.74) is 22.4. The van der Waals surface area contributed by atoms with Gasteiger partial charge in [-0.25, -0.2) is 0 Å². The molecule has 0 unspecified atom stereocenters. The van der Waals surface area contributed by atoms with E-state index in [1.165, 1.54) is 139 Å². The minimum absolute atomic E-state index is 0.978. The van der Waals surface area contributed by atoms with Crippen molar-refractivity contribution in [2.24, 2.45) is 0 Å². The Morgan fingerprint density at radius 2 is 0.683 bits per heavy atom. The summed E-state index contributed by atoms with van der Waals surface area (Å²) in [7, 11) is 0. The lowest BCUT2D eigenvalue weighted by Gasteiger charge is -2.14. The Kier molecular flexibility index (Phi) is 14.8. The largest absolute Gasteiger partial charge is 0.101 e. The second kappa shape index (κ2) is 21.3. The zero-order chi connectivity index (χ0) is 43.4. The van der Waals surface area contributed by atoms with Crippen LogP contribution in [0.3, 0.4) is 0 Å². The molecule has 0 saturated carbocycles. The van der Waals surface area contributed by atoms with Crippen molar-refractivity contribution in [2.45, 2.75) is 124 Å². The summed E-state index contributed by atoms with van der Waals surface area (Å²) in [5, 5.41) is 0. The van der Waals surface area contributed by atoms with Crippen LogP contribution in [-0.2, 0) is 0 Å². The van der Waals surface area contributed by atoms with Crippen LogP contribution >= 0.6 is 0 Å². The maximum absolute atomic E-state index is 3.87. The predicted octanol–water partition coefficient (Wildman–Crippen LogP) is 18.2. The van der Waals surface area contributed by atoms with Crippen molar-refractivity contribution in [3.05, 3.63) is 167 Å². The first kappa shape index (κ1) is 43.6. The zero-order valence-electron chi connectivity index (χ0n) is 38.3. The number of hydrogen-bond acceptors (Lipinski definition) is 0. The monoisotopic (exact) mass is 821 g/mol. The molecule has 316 valence electrons. The molecule has 0 N–H and O–H groups in total. The summed E-state index contributed by atoms with van der Waals surface area (Å²) in [6.07, 6.45) is 19.2. The molecule has 0 atom stereocenters. The summed E-state index contributed by atoms with van der Waals surface area (Å²) in [6, 6.07) is 49.6. The Morgan fingerprint density at radius 1 is 0.365 bits per heavy atom. The van der Waals surface area contributed by atoms with Gasteiger partial charge in [0.05, 0.1) is 0 Å². The molecule has 0 saturated heterocycles. The van der Waals surface area contributed by atoms with E-state index in [9.17, 15) is 0 Å². The Bertz CT molecular complexity index is 2670. The standard InChI is InChI=1S/C63H64/c1-5-8-10-12-14-16-19-60-46(4)43-58(61(60)20-17-15-13-11-9-6-2)41-42-59-45-62-55-37-33-53(34-38-55)51-29-25-49(26-30-51)47-21-23-48(24-22-47)50-27-31-52(32-28-50)54-35-39-56(40-36-54)63(59)44-57(62)18-7-3/h21-40,44-45H,5-6,8-17,19-20,43H2,1-4H3. The first-order valence-electron chi connectivity index (χ1n) is 24.1. The van der Waals surface area contributed by atoms with Crippen molar-refractivity contribution in [3.63, 3.8) is 0 Å². The fraction of sp³-hybridized carbons (Fsp3) is 0.302. The van der Waals surface area contributed by atoms with Crippen molar-refractivity contribution < 1.29 is 0 Å². The van der Waals surface area contributed by atoms with E-state index in [2.05, 4.69) is 178 Å². The fourth-order valence-corrected chi connectivity index (χ4v) is 9.68. The third-order valence-electron chi connectivity index (χ3n) is 13.4. The lowest BCUT2D eigenvalue weighted by molar-refractivity contribution is 0.598. The minimum atomic E-state index is 0.978. The average Bonchev–Trinajstić information content (AvgIpc) is 3.63.